The average Bonchev–Trinajstić information content (AvgIpc) is 2.88. The van der Waals surface area contributed by atoms with Crippen molar-refractivity contribution in [1.29, 1.82) is 0 Å². The first-order valence-corrected chi connectivity index (χ1v) is 10.3. The van der Waals surface area contributed by atoms with Gasteiger partial charge in [0, 0.05) is 25.1 Å². The lowest BCUT2D eigenvalue weighted by Crippen LogP contribution is -2.25. The number of carbonyl (C=O) groups is 1. The summed E-state index contributed by atoms with van der Waals surface area (Å²) < 4.78 is 7.13. The van der Waals surface area contributed by atoms with E-state index in [0.717, 1.165) is 48.4 Å². The fraction of sp³-hybridized carbons (Fsp3) is 0.381. The van der Waals surface area contributed by atoms with Crippen molar-refractivity contribution < 1.29 is 9.53 Å². The van der Waals surface area contributed by atoms with Gasteiger partial charge in [0.25, 0.3) is 11.5 Å². The molecule has 3 aromatic rings. The van der Waals surface area contributed by atoms with Crippen molar-refractivity contribution in [2.45, 2.75) is 45.7 Å². The second-order valence-corrected chi connectivity index (χ2v) is 8.03. The van der Waals surface area contributed by atoms with E-state index in [0.29, 0.717) is 28.2 Å². The molecule has 0 unspecified atom stereocenters. The minimum atomic E-state index is -0.189. The Bertz CT molecular complexity index is 1100. The third-order valence-electron chi connectivity index (χ3n) is 5.25. The molecule has 0 bridgehead atoms. The van der Waals surface area contributed by atoms with Crippen LogP contribution in [0, 0.1) is 6.92 Å². The highest BCUT2D eigenvalue weighted by molar-refractivity contribution is 7.20. The van der Waals surface area contributed by atoms with Crippen LogP contribution >= 0.6 is 11.3 Å². The molecule has 0 fully saturated rings. The molecule has 1 N–H and O–H groups in total. The predicted molar refractivity (Wildman–Crippen MR) is 110 cm³/mol. The van der Waals surface area contributed by atoms with Crippen molar-refractivity contribution in [3.63, 3.8) is 0 Å². The van der Waals surface area contributed by atoms with Gasteiger partial charge in [-0.1, -0.05) is 24.6 Å². The minimum absolute atomic E-state index is 0.0144. The number of aryl methyl sites for hydroxylation is 2. The Morgan fingerprint density at radius 1 is 1.29 bits per heavy atom. The average molecular weight is 398 g/mol. The SMILES string of the molecule is COc1ccccc1CNC(=O)c1sc2nc3n(c(=O)c2c1C)CCCCC3. The lowest BCUT2D eigenvalue weighted by Gasteiger charge is -2.09. The summed E-state index contributed by atoms with van der Waals surface area (Å²) in [5, 5.41) is 3.53. The van der Waals surface area contributed by atoms with Crippen LogP contribution in [0.5, 0.6) is 5.75 Å². The molecule has 0 aliphatic carbocycles. The van der Waals surface area contributed by atoms with Crippen molar-refractivity contribution in [3.8, 4) is 5.75 Å². The van der Waals surface area contributed by atoms with Gasteiger partial charge >= 0.3 is 0 Å². The van der Waals surface area contributed by atoms with Crippen molar-refractivity contribution in [2.24, 2.45) is 0 Å². The minimum Gasteiger partial charge on any atom is -0.496 e. The van der Waals surface area contributed by atoms with Crippen molar-refractivity contribution in [3.05, 3.63) is 56.4 Å². The third kappa shape index (κ3) is 3.30. The van der Waals surface area contributed by atoms with Crippen LogP contribution in [0.15, 0.2) is 29.1 Å². The highest BCUT2D eigenvalue weighted by Gasteiger charge is 2.22. The second kappa shape index (κ2) is 7.75. The van der Waals surface area contributed by atoms with Gasteiger partial charge in [0.2, 0.25) is 0 Å². The number of amides is 1. The number of aromatic nitrogens is 2. The molecule has 1 amide bonds. The van der Waals surface area contributed by atoms with Crippen LogP contribution in [0.2, 0.25) is 0 Å². The van der Waals surface area contributed by atoms with E-state index in [1.807, 2.05) is 31.2 Å². The van der Waals surface area contributed by atoms with Gasteiger partial charge < -0.3 is 10.1 Å². The van der Waals surface area contributed by atoms with E-state index in [4.69, 9.17) is 9.72 Å². The molecule has 0 atom stereocenters. The Morgan fingerprint density at radius 2 is 2.11 bits per heavy atom. The zero-order valence-electron chi connectivity index (χ0n) is 16.1. The molecular formula is C21H23N3O3S. The van der Waals surface area contributed by atoms with E-state index in [2.05, 4.69) is 5.32 Å². The maximum absolute atomic E-state index is 13.0. The molecule has 146 valence electrons. The quantitative estimate of drug-likeness (QED) is 0.732. The van der Waals surface area contributed by atoms with Gasteiger partial charge in [-0.2, -0.15) is 0 Å². The molecule has 6 nitrogen and oxygen atoms in total. The summed E-state index contributed by atoms with van der Waals surface area (Å²) >= 11 is 1.30. The first kappa shape index (κ1) is 18.7. The molecule has 4 rings (SSSR count). The molecule has 0 radical (unpaired) electrons. The first-order valence-electron chi connectivity index (χ1n) is 9.53. The van der Waals surface area contributed by atoms with E-state index in [1.165, 1.54) is 11.3 Å². The number of ether oxygens (including phenoxy) is 1. The number of hydrogen-bond acceptors (Lipinski definition) is 5. The second-order valence-electron chi connectivity index (χ2n) is 7.03. The molecule has 0 saturated carbocycles. The standard InChI is InChI=1S/C21H23N3O3S/c1-13-17-20(23-16-10-4-3-7-11-24(16)21(17)26)28-18(13)19(25)22-12-14-8-5-6-9-15(14)27-2/h5-6,8-9H,3-4,7,10-12H2,1-2H3,(H,22,25). The van der Waals surface area contributed by atoms with Gasteiger partial charge in [-0.05, 0) is 31.4 Å². The molecule has 0 saturated heterocycles. The molecule has 0 spiro atoms. The van der Waals surface area contributed by atoms with Gasteiger partial charge in [0.15, 0.2) is 0 Å². The van der Waals surface area contributed by atoms with Crippen LogP contribution in [0.3, 0.4) is 0 Å². The van der Waals surface area contributed by atoms with Gasteiger partial charge in [0.1, 0.15) is 16.4 Å². The zero-order valence-corrected chi connectivity index (χ0v) is 16.9. The maximum atomic E-state index is 13.0. The first-order chi connectivity index (χ1) is 13.6. The molecule has 1 aliphatic heterocycles. The topological polar surface area (TPSA) is 73.2 Å². The highest BCUT2D eigenvalue weighted by atomic mass is 32.1. The monoisotopic (exact) mass is 397 g/mol. The van der Waals surface area contributed by atoms with E-state index >= 15 is 0 Å². The summed E-state index contributed by atoms with van der Waals surface area (Å²) in [6.45, 7) is 2.91. The van der Waals surface area contributed by atoms with Crippen molar-refractivity contribution >= 4 is 27.5 Å². The molecule has 2 aromatic heterocycles. The Hall–Kier alpha value is -2.67. The lowest BCUT2D eigenvalue weighted by molar-refractivity contribution is 0.0954. The van der Waals surface area contributed by atoms with Crippen LogP contribution in [0.25, 0.3) is 10.2 Å². The smallest absolute Gasteiger partial charge is 0.262 e. The molecule has 1 aliphatic rings. The third-order valence-corrected chi connectivity index (χ3v) is 6.43. The summed E-state index contributed by atoms with van der Waals surface area (Å²) in [4.78, 5) is 31.8. The Kier molecular flexibility index (Phi) is 5.17. The number of carbonyl (C=O) groups excluding carboxylic acids is 1. The number of nitrogens with one attached hydrogen (secondary N) is 1. The summed E-state index contributed by atoms with van der Waals surface area (Å²) in [6.07, 6.45) is 3.98. The van der Waals surface area contributed by atoms with E-state index in [9.17, 15) is 9.59 Å². The fourth-order valence-electron chi connectivity index (χ4n) is 3.73. The number of fused-ring (bicyclic) bond motifs is 2. The van der Waals surface area contributed by atoms with Crippen LogP contribution in [0.1, 0.15) is 45.9 Å². The molecule has 1 aromatic carbocycles. The van der Waals surface area contributed by atoms with Crippen LogP contribution < -0.4 is 15.6 Å². The van der Waals surface area contributed by atoms with Crippen LogP contribution in [0.4, 0.5) is 0 Å². The van der Waals surface area contributed by atoms with Crippen molar-refractivity contribution in [1.82, 2.24) is 14.9 Å². The number of benzene rings is 1. The fourth-order valence-corrected chi connectivity index (χ4v) is 4.84. The highest BCUT2D eigenvalue weighted by Crippen LogP contribution is 2.28. The Morgan fingerprint density at radius 3 is 2.93 bits per heavy atom. The number of nitrogens with zero attached hydrogens (tertiary/aromatic N) is 2. The van der Waals surface area contributed by atoms with Gasteiger partial charge in [0.05, 0.1) is 17.4 Å². The largest absolute Gasteiger partial charge is 0.496 e. The zero-order chi connectivity index (χ0) is 19.7. The number of hydrogen-bond donors (Lipinski definition) is 1. The summed E-state index contributed by atoms with van der Waals surface area (Å²) in [7, 11) is 1.61. The molecule has 28 heavy (non-hydrogen) atoms. The van der Waals surface area contributed by atoms with E-state index < -0.39 is 0 Å². The lowest BCUT2D eigenvalue weighted by atomic mass is 10.2. The number of thiophene rings is 1. The normalized spacial score (nSPS) is 13.8. The van der Waals surface area contributed by atoms with Gasteiger partial charge in [-0.3, -0.25) is 14.2 Å². The van der Waals surface area contributed by atoms with Crippen molar-refractivity contribution in [2.75, 3.05) is 7.11 Å². The van der Waals surface area contributed by atoms with E-state index in [-0.39, 0.29) is 11.5 Å². The Balaban J connectivity index is 1.65. The number of para-hydroxylation sites is 1. The predicted octanol–water partition coefficient (Wildman–Crippen LogP) is 3.43. The van der Waals surface area contributed by atoms with E-state index in [1.54, 1.807) is 11.7 Å². The summed E-state index contributed by atoms with van der Waals surface area (Å²) in [5.74, 6) is 1.39. The number of rotatable bonds is 4. The van der Waals surface area contributed by atoms with Crippen LogP contribution in [-0.4, -0.2) is 22.6 Å². The number of methoxy groups -OCH3 is 1. The summed E-state index contributed by atoms with van der Waals surface area (Å²) in [5.41, 5.74) is 1.61. The molecule has 3 heterocycles. The summed E-state index contributed by atoms with van der Waals surface area (Å²) in [6, 6.07) is 7.59. The van der Waals surface area contributed by atoms with Gasteiger partial charge in [-0.25, -0.2) is 4.98 Å². The van der Waals surface area contributed by atoms with Crippen LogP contribution in [-0.2, 0) is 19.5 Å². The Labute approximate surface area is 167 Å². The maximum Gasteiger partial charge on any atom is 0.262 e. The van der Waals surface area contributed by atoms with Gasteiger partial charge in [-0.15, -0.1) is 11.3 Å². The molecular weight excluding hydrogens is 374 g/mol. The molecule has 7 heteroatoms.